The van der Waals surface area contributed by atoms with Gasteiger partial charge in [0.1, 0.15) is 4.88 Å². The van der Waals surface area contributed by atoms with Crippen molar-refractivity contribution in [2.24, 2.45) is 0 Å². The summed E-state index contributed by atoms with van der Waals surface area (Å²) in [6, 6.07) is 8.09. The highest BCUT2D eigenvalue weighted by molar-refractivity contribution is 7.13. The molecule has 3 heterocycles. The first kappa shape index (κ1) is 17.9. The molecule has 0 atom stereocenters. The molecule has 0 saturated carbocycles. The molecule has 0 N–H and O–H groups in total. The van der Waals surface area contributed by atoms with E-state index in [0.29, 0.717) is 24.8 Å². The summed E-state index contributed by atoms with van der Waals surface area (Å²) in [5, 5.41) is 5.06. The van der Waals surface area contributed by atoms with Crippen LogP contribution < -0.4 is 0 Å². The largest absolute Gasteiger partial charge is 0.339 e. The number of carbonyl (C=O) groups is 1. The molecule has 1 fully saturated rings. The van der Waals surface area contributed by atoms with Gasteiger partial charge in [-0.25, -0.2) is 4.98 Å². The van der Waals surface area contributed by atoms with Crippen molar-refractivity contribution in [2.45, 2.75) is 39.5 Å². The molecule has 0 unspecified atom stereocenters. The van der Waals surface area contributed by atoms with Crippen LogP contribution in [0.4, 0.5) is 0 Å². The van der Waals surface area contributed by atoms with Crippen LogP contribution in [0.3, 0.4) is 0 Å². The Morgan fingerprint density at radius 2 is 1.81 bits per heavy atom. The van der Waals surface area contributed by atoms with Gasteiger partial charge in [0.15, 0.2) is 0 Å². The highest BCUT2D eigenvalue weighted by Gasteiger charge is 2.29. The minimum atomic E-state index is 0.0856. The van der Waals surface area contributed by atoms with Crippen molar-refractivity contribution in [3.63, 3.8) is 0 Å². The molecule has 0 radical (unpaired) electrons. The smallest absolute Gasteiger partial charge is 0.265 e. The summed E-state index contributed by atoms with van der Waals surface area (Å²) in [4.78, 5) is 24.4. The molecule has 4 rings (SSSR count). The van der Waals surface area contributed by atoms with E-state index in [1.54, 1.807) is 0 Å². The van der Waals surface area contributed by atoms with Crippen LogP contribution >= 0.6 is 11.3 Å². The molecule has 1 aliphatic heterocycles. The maximum Gasteiger partial charge on any atom is 0.265 e. The van der Waals surface area contributed by atoms with Crippen molar-refractivity contribution in [1.82, 2.24) is 20.0 Å². The quantitative estimate of drug-likeness (QED) is 0.681. The average molecular weight is 382 g/mol. The fourth-order valence-electron chi connectivity index (χ4n) is 3.42. The summed E-state index contributed by atoms with van der Waals surface area (Å²) in [5.41, 5.74) is 2.98. The first-order valence-electron chi connectivity index (χ1n) is 9.15. The van der Waals surface area contributed by atoms with Crippen LogP contribution in [-0.2, 0) is 0 Å². The van der Waals surface area contributed by atoms with E-state index in [9.17, 15) is 4.79 Å². The van der Waals surface area contributed by atoms with Gasteiger partial charge in [-0.05, 0) is 33.6 Å². The number of amides is 1. The Hall–Kier alpha value is -2.54. The fraction of sp³-hybridized carbons (Fsp3) is 0.400. The van der Waals surface area contributed by atoms with Crippen molar-refractivity contribution < 1.29 is 9.32 Å². The van der Waals surface area contributed by atoms with Gasteiger partial charge in [0, 0.05) is 24.6 Å². The normalized spacial score (nSPS) is 15.3. The first-order chi connectivity index (χ1) is 13.0. The van der Waals surface area contributed by atoms with E-state index in [1.807, 2.05) is 43.0 Å². The van der Waals surface area contributed by atoms with E-state index in [4.69, 9.17) is 4.52 Å². The molecule has 1 amide bonds. The standard InChI is InChI=1S/C20H22N4O2S/c1-12-4-6-15(7-5-12)18-22-19(26-23-18)16-8-10-24(11-9-16)20(25)17-13(2)21-14(3)27-17/h4-7,16H,8-11H2,1-3H3. The molecule has 2 aromatic heterocycles. The summed E-state index contributed by atoms with van der Waals surface area (Å²) in [6.07, 6.45) is 1.66. The number of thiazole rings is 1. The van der Waals surface area contributed by atoms with Gasteiger partial charge in [-0.15, -0.1) is 11.3 Å². The predicted octanol–water partition coefficient (Wildman–Crippen LogP) is 4.14. The van der Waals surface area contributed by atoms with E-state index >= 15 is 0 Å². The molecule has 27 heavy (non-hydrogen) atoms. The van der Waals surface area contributed by atoms with Crippen molar-refractivity contribution >= 4 is 17.2 Å². The molecular weight excluding hydrogens is 360 g/mol. The van der Waals surface area contributed by atoms with Crippen LogP contribution in [0.15, 0.2) is 28.8 Å². The summed E-state index contributed by atoms with van der Waals surface area (Å²) in [7, 11) is 0. The molecule has 1 saturated heterocycles. The van der Waals surface area contributed by atoms with Crippen molar-refractivity contribution in [3.8, 4) is 11.4 Å². The Labute approximate surface area is 162 Å². The molecule has 3 aromatic rings. The first-order valence-corrected chi connectivity index (χ1v) is 9.97. The highest BCUT2D eigenvalue weighted by atomic mass is 32.1. The van der Waals surface area contributed by atoms with E-state index < -0.39 is 0 Å². The maximum absolute atomic E-state index is 12.7. The van der Waals surface area contributed by atoms with Crippen molar-refractivity contribution in [3.05, 3.63) is 51.3 Å². The summed E-state index contributed by atoms with van der Waals surface area (Å²) < 4.78 is 5.52. The van der Waals surface area contributed by atoms with Crippen LogP contribution in [0.2, 0.25) is 0 Å². The SMILES string of the molecule is Cc1ccc(-c2noc(C3CCN(C(=O)c4sc(C)nc4C)CC3)n2)cc1. The molecule has 0 aliphatic carbocycles. The van der Waals surface area contributed by atoms with Gasteiger partial charge >= 0.3 is 0 Å². The van der Waals surface area contributed by atoms with Crippen molar-refractivity contribution in [1.29, 1.82) is 0 Å². The number of hydrogen-bond acceptors (Lipinski definition) is 6. The second kappa shape index (κ2) is 7.23. The molecule has 0 bridgehead atoms. The number of hydrogen-bond donors (Lipinski definition) is 0. The minimum Gasteiger partial charge on any atom is -0.339 e. The lowest BCUT2D eigenvalue weighted by Gasteiger charge is -2.30. The zero-order chi connectivity index (χ0) is 19.0. The number of rotatable bonds is 3. The van der Waals surface area contributed by atoms with Gasteiger partial charge in [0.2, 0.25) is 11.7 Å². The minimum absolute atomic E-state index is 0.0856. The van der Waals surface area contributed by atoms with Crippen molar-refractivity contribution in [2.75, 3.05) is 13.1 Å². The third kappa shape index (κ3) is 3.64. The molecule has 1 aliphatic rings. The Bertz CT molecular complexity index is 953. The van der Waals surface area contributed by atoms with E-state index in [0.717, 1.165) is 34.0 Å². The van der Waals surface area contributed by atoms with Gasteiger partial charge in [0.05, 0.1) is 10.7 Å². The van der Waals surface area contributed by atoms with Gasteiger partial charge in [-0.2, -0.15) is 4.98 Å². The number of nitrogens with zero attached hydrogens (tertiary/aromatic N) is 4. The van der Waals surface area contributed by atoms with Crippen LogP contribution in [0.25, 0.3) is 11.4 Å². The van der Waals surface area contributed by atoms with Crippen LogP contribution in [0.5, 0.6) is 0 Å². The molecule has 1 aromatic carbocycles. The Morgan fingerprint density at radius 1 is 1.11 bits per heavy atom. The van der Waals surface area contributed by atoms with Crippen LogP contribution in [0.1, 0.15) is 50.6 Å². The monoisotopic (exact) mass is 382 g/mol. The lowest BCUT2D eigenvalue weighted by Crippen LogP contribution is -2.37. The Morgan fingerprint density at radius 3 is 2.44 bits per heavy atom. The molecular formula is C20H22N4O2S. The second-order valence-electron chi connectivity index (χ2n) is 7.04. The Kier molecular flexibility index (Phi) is 4.78. The van der Waals surface area contributed by atoms with Gasteiger partial charge in [-0.1, -0.05) is 35.0 Å². The average Bonchev–Trinajstić information content (AvgIpc) is 3.28. The number of piperidine rings is 1. The van der Waals surface area contributed by atoms with Gasteiger partial charge in [0.25, 0.3) is 5.91 Å². The maximum atomic E-state index is 12.7. The second-order valence-corrected chi connectivity index (χ2v) is 8.24. The summed E-state index contributed by atoms with van der Waals surface area (Å²) >= 11 is 1.47. The van der Waals surface area contributed by atoms with E-state index in [-0.39, 0.29) is 11.8 Å². The van der Waals surface area contributed by atoms with E-state index in [2.05, 4.69) is 22.0 Å². The summed E-state index contributed by atoms with van der Waals surface area (Å²) in [6.45, 7) is 7.27. The lowest BCUT2D eigenvalue weighted by molar-refractivity contribution is 0.0708. The molecule has 0 spiro atoms. The molecule has 6 nitrogen and oxygen atoms in total. The lowest BCUT2D eigenvalue weighted by atomic mass is 9.96. The van der Waals surface area contributed by atoms with E-state index in [1.165, 1.54) is 16.9 Å². The Balaban J connectivity index is 1.41. The number of aromatic nitrogens is 3. The third-order valence-electron chi connectivity index (χ3n) is 4.98. The number of carbonyl (C=O) groups excluding carboxylic acids is 1. The van der Waals surface area contributed by atoms with Gasteiger partial charge < -0.3 is 9.42 Å². The molecule has 7 heteroatoms. The van der Waals surface area contributed by atoms with Gasteiger partial charge in [-0.3, -0.25) is 4.79 Å². The zero-order valence-electron chi connectivity index (χ0n) is 15.7. The number of likely N-dealkylation sites (tertiary alicyclic amines) is 1. The van der Waals surface area contributed by atoms with Crippen LogP contribution in [-0.4, -0.2) is 39.0 Å². The summed E-state index contributed by atoms with van der Waals surface area (Å²) in [5.74, 6) is 1.58. The highest BCUT2D eigenvalue weighted by Crippen LogP contribution is 2.30. The zero-order valence-corrected chi connectivity index (χ0v) is 16.5. The predicted molar refractivity (Wildman–Crippen MR) is 104 cm³/mol. The number of aryl methyl sites for hydroxylation is 3. The van der Waals surface area contributed by atoms with Crippen LogP contribution in [0, 0.1) is 20.8 Å². The number of benzene rings is 1. The topological polar surface area (TPSA) is 72.1 Å². The molecule has 140 valence electrons. The fourth-order valence-corrected chi connectivity index (χ4v) is 4.31. The third-order valence-corrected chi connectivity index (χ3v) is 6.04.